The number of benzene rings is 2. The lowest BCUT2D eigenvalue weighted by molar-refractivity contribution is 0.0963. The standard InChI is InChI=1S/C22H27F2N5O/c1-3-26-22(27-13-15-4-6-16(7-5-15)21(30)25-2)28-18-10-11-29(14-18)20-9-8-17(23)12-19(20)24/h4-9,12,18H,3,10-11,13-14H2,1-2H3,(H,25,30)(H2,26,27,28). The molecule has 0 saturated carbocycles. The molecule has 1 heterocycles. The lowest BCUT2D eigenvalue weighted by Crippen LogP contribution is -2.44. The van der Waals surface area contributed by atoms with Crippen molar-refractivity contribution in [2.75, 3.05) is 31.6 Å². The Kier molecular flexibility index (Phi) is 7.21. The number of hydrogen-bond acceptors (Lipinski definition) is 3. The summed E-state index contributed by atoms with van der Waals surface area (Å²) in [6.07, 6.45) is 0.821. The van der Waals surface area contributed by atoms with Crippen LogP contribution in [-0.4, -0.2) is 44.6 Å². The first kappa shape index (κ1) is 21.5. The number of carbonyl (C=O) groups is 1. The smallest absolute Gasteiger partial charge is 0.251 e. The largest absolute Gasteiger partial charge is 0.367 e. The molecule has 160 valence electrons. The fourth-order valence-electron chi connectivity index (χ4n) is 3.42. The molecule has 1 fully saturated rings. The second kappa shape index (κ2) is 10.0. The van der Waals surface area contributed by atoms with Gasteiger partial charge in [-0.2, -0.15) is 0 Å². The quantitative estimate of drug-likeness (QED) is 0.501. The molecule has 3 rings (SSSR count). The molecule has 1 saturated heterocycles. The molecule has 1 aliphatic heterocycles. The Bertz CT molecular complexity index is 901. The number of guanidine groups is 1. The van der Waals surface area contributed by atoms with E-state index in [1.54, 1.807) is 19.2 Å². The first-order valence-electron chi connectivity index (χ1n) is 10.1. The topological polar surface area (TPSA) is 68.8 Å². The van der Waals surface area contributed by atoms with Crippen LogP contribution in [0.25, 0.3) is 0 Å². The van der Waals surface area contributed by atoms with Gasteiger partial charge in [-0.05, 0) is 43.2 Å². The Balaban J connectivity index is 1.60. The zero-order valence-electron chi connectivity index (χ0n) is 17.2. The normalized spacial score (nSPS) is 16.5. The van der Waals surface area contributed by atoms with Crippen molar-refractivity contribution in [2.24, 2.45) is 4.99 Å². The summed E-state index contributed by atoms with van der Waals surface area (Å²) in [6, 6.07) is 11.1. The number of halogens is 2. The van der Waals surface area contributed by atoms with Gasteiger partial charge in [0, 0.05) is 44.4 Å². The zero-order valence-corrected chi connectivity index (χ0v) is 17.2. The summed E-state index contributed by atoms with van der Waals surface area (Å²) in [7, 11) is 1.60. The molecule has 0 radical (unpaired) electrons. The predicted molar refractivity (Wildman–Crippen MR) is 115 cm³/mol. The van der Waals surface area contributed by atoms with E-state index in [9.17, 15) is 13.6 Å². The maximum absolute atomic E-state index is 14.1. The summed E-state index contributed by atoms with van der Waals surface area (Å²) in [6.45, 7) is 4.45. The molecule has 1 atom stereocenters. The molecule has 0 aliphatic carbocycles. The Labute approximate surface area is 175 Å². The number of hydrogen-bond donors (Lipinski definition) is 3. The first-order valence-corrected chi connectivity index (χ1v) is 10.1. The fourth-order valence-corrected chi connectivity index (χ4v) is 3.42. The van der Waals surface area contributed by atoms with Gasteiger partial charge in [0.2, 0.25) is 0 Å². The molecule has 0 aromatic heterocycles. The first-order chi connectivity index (χ1) is 14.5. The maximum atomic E-state index is 14.1. The lowest BCUT2D eigenvalue weighted by atomic mass is 10.1. The van der Waals surface area contributed by atoms with Crippen LogP contribution >= 0.6 is 0 Å². The average molecular weight is 415 g/mol. The Morgan fingerprint density at radius 1 is 1.20 bits per heavy atom. The second-order valence-corrected chi connectivity index (χ2v) is 7.14. The summed E-state index contributed by atoms with van der Waals surface area (Å²) in [4.78, 5) is 18.2. The van der Waals surface area contributed by atoms with E-state index >= 15 is 0 Å². The number of anilines is 1. The Morgan fingerprint density at radius 3 is 2.63 bits per heavy atom. The molecule has 6 nitrogen and oxygen atoms in total. The van der Waals surface area contributed by atoms with Gasteiger partial charge >= 0.3 is 0 Å². The average Bonchev–Trinajstić information content (AvgIpc) is 3.20. The van der Waals surface area contributed by atoms with Gasteiger partial charge in [-0.15, -0.1) is 0 Å². The molecular weight excluding hydrogens is 388 g/mol. The van der Waals surface area contributed by atoms with Gasteiger partial charge in [-0.25, -0.2) is 13.8 Å². The Hall–Kier alpha value is -3.16. The molecule has 2 aromatic carbocycles. The fraction of sp³-hybridized carbons (Fsp3) is 0.364. The van der Waals surface area contributed by atoms with Crippen LogP contribution in [0, 0.1) is 11.6 Å². The highest BCUT2D eigenvalue weighted by molar-refractivity contribution is 5.93. The van der Waals surface area contributed by atoms with E-state index in [1.165, 1.54) is 12.1 Å². The SMILES string of the molecule is CCNC(=NCc1ccc(C(=O)NC)cc1)NC1CCN(c2ccc(F)cc2F)C1. The molecule has 30 heavy (non-hydrogen) atoms. The predicted octanol–water partition coefficient (Wildman–Crippen LogP) is 2.66. The summed E-state index contributed by atoms with van der Waals surface area (Å²) >= 11 is 0. The Morgan fingerprint density at radius 2 is 1.97 bits per heavy atom. The van der Waals surface area contributed by atoms with Crippen LogP contribution in [0.4, 0.5) is 14.5 Å². The third-order valence-electron chi connectivity index (χ3n) is 4.99. The third kappa shape index (κ3) is 5.46. The highest BCUT2D eigenvalue weighted by Crippen LogP contribution is 2.24. The number of carbonyl (C=O) groups excluding carboxylic acids is 1. The summed E-state index contributed by atoms with van der Waals surface area (Å²) < 4.78 is 27.2. The van der Waals surface area contributed by atoms with E-state index in [4.69, 9.17) is 0 Å². The molecule has 8 heteroatoms. The van der Waals surface area contributed by atoms with Gasteiger partial charge < -0.3 is 20.9 Å². The third-order valence-corrected chi connectivity index (χ3v) is 4.99. The van der Waals surface area contributed by atoms with Gasteiger partial charge in [-0.1, -0.05) is 12.1 Å². The van der Waals surface area contributed by atoms with E-state index in [0.717, 1.165) is 18.1 Å². The molecule has 0 spiro atoms. The van der Waals surface area contributed by atoms with Crippen LogP contribution in [0.5, 0.6) is 0 Å². The van der Waals surface area contributed by atoms with E-state index in [1.807, 2.05) is 24.0 Å². The van der Waals surface area contributed by atoms with Gasteiger partial charge in [0.05, 0.1) is 12.2 Å². The number of nitrogens with zero attached hydrogens (tertiary/aromatic N) is 2. The lowest BCUT2D eigenvalue weighted by Gasteiger charge is -2.21. The van der Waals surface area contributed by atoms with Crippen molar-refractivity contribution in [3.8, 4) is 0 Å². The minimum Gasteiger partial charge on any atom is -0.367 e. The monoisotopic (exact) mass is 415 g/mol. The van der Waals surface area contributed by atoms with E-state index in [-0.39, 0.29) is 11.9 Å². The van der Waals surface area contributed by atoms with Crippen LogP contribution in [0.3, 0.4) is 0 Å². The van der Waals surface area contributed by atoms with Gasteiger partial charge in [0.1, 0.15) is 11.6 Å². The number of nitrogens with one attached hydrogen (secondary N) is 3. The van der Waals surface area contributed by atoms with Gasteiger partial charge in [0.25, 0.3) is 5.91 Å². The molecule has 1 amide bonds. The van der Waals surface area contributed by atoms with Crippen molar-refractivity contribution < 1.29 is 13.6 Å². The van der Waals surface area contributed by atoms with E-state index < -0.39 is 11.6 Å². The van der Waals surface area contributed by atoms with Crippen LogP contribution in [0.1, 0.15) is 29.3 Å². The maximum Gasteiger partial charge on any atom is 0.251 e. The molecular formula is C22H27F2N5O. The highest BCUT2D eigenvalue weighted by Gasteiger charge is 2.25. The van der Waals surface area contributed by atoms with Crippen molar-refractivity contribution in [1.82, 2.24) is 16.0 Å². The van der Waals surface area contributed by atoms with Crippen LogP contribution in [-0.2, 0) is 6.54 Å². The zero-order chi connectivity index (χ0) is 21.5. The highest BCUT2D eigenvalue weighted by atomic mass is 19.1. The summed E-state index contributed by atoms with van der Waals surface area (Å²) in [5, 5.41) is 9.21. The summed E-state index contributed by atoms with van der Waals surface area (Å²) in [5.74, 6) is -0.561. The van der Waals surface area contributed by atoms with Crippen molar-refractivity contribution >= 4 is 17.6 Å². The number of rotatable bonds is 6. The van der Waals surface area contributed by atoms with Crippen LogP contribution in [0.2, 0.25) is 0 Å². The molecule has 1 aliphatic rings. The van der Waals surface area contributed by atoms with E-state index in [0.29, 0.717) is 43.4 Å². The van der Waals surface area contributed by atoms with Gasteiger partial charge in [0.15, 0.2) is 5.96 Å². The molecule has 0 bridgehead atoms. The number of aliphatic imine (C=N–C) groups is 1. The van der Waals surface area contributed by atoms with Crippen molar-refractivity contribution in [3.63, 3.8) is 0 Å². The van der Waals surface area contributed by atoms with Gasteiger partial charge in [-0.3, -0.25) is 4.79 Å². The minimum atomic E-state index is -0.574. The second-order valence-electron chi connectivity index (χ2n) is 7.14. The van der Waals surface area contributed by atoms with Crippen LogP contribution < -0.4 is 20.9 Å². The molecule has 2 aromatic rings. The summed E-state index contributed by atoms with van der Waals surface area (Å²) in [5.41, 5.74) is 2.01. The van der Waals surface area contributed by atoms with Crippen LogP contribution in [0.15, 0.2) is 47.5 Å². The minimum absolute atomic E-state index is 0.0999. The van der Waals surface area contributed by atoms with Crippen molar-refractivity contribution in [3.05, 3.63) is 65.2 Å². The number of amides is 1. The van der Waals surface area contributed by atoms with E-state index in [2.05, 4.69) is 20.9 Å². The molecule has 1 unspecified atom stereocenters. The van der Waals surface area contributed by atoms with Crippen molar-refractivity contribution in [2.45, 2.75) is 25.9 Å². The molecule has 3 N–H and O–H groups in total. The van der Waals surface area contributed by atoms with Crippen molar-refractivity contribution in [1.29, 1.82) is 0 Å².